The Kier molecular flexibility index (Phi) is 6.90. The van der Waals surface area contributed by atoms with Gasteiger partial charge in [-0.3, -0.25) is 24.0 Å². The molecular weight excluding hydrogens is 544 g/mol. The number of hydrogen-bond acceptors (Lipinski definition) is 10. The fourth-order valence-electron chi connectivity index (χ4n) is 8.22. The molecule has 1 aliphatic heterocycles. The van der Waals surface area contributed by atoms with Crippen molar-refractivity contribution in [1.82, 2.24) is 0 Å². The Labute approximate surface area is 243 Å². The van der Waals surface area contributed by atoms with Gasteiger partial charge in [-0.05, 0) is 56.2 Å². The molecule has 4 N–H and O–H groups in total. The summed E-state index contributed by atoms with van der Waals surface area (Å²) in [6, 6.07) is 2.45. The lowest BCUT2D eigenvalue weighted by atomic mass is 9.44. The van der Waals surface area contributed by atoms with E-state index in [1.807, 2.05) is 0 Å². The fraction of sp³-hybridized carbons (Fsp3) is 0.531. The van der Waals surface area contributed by atoms with E-state index in [2.05, 4.69) is 0 Å². The van der Waals surface area contributed by atoms with Gasteiger partial charge >= 0.3 is 0 Å². The van der Waals surface area contributed by atoms with Gasteiger partial charge in [-0.1, -0.05) is 27.7 Å². The topological polar surface area (TPSA) is 175 Å². The Morgan fingerprint density at radius 2 is 1.64 bits per heavy atom. The molecule has 1 heterocycles. The van der Waals surface area contributed by atoms with Gasteiger partial charge in [-0.25, -0.2) is 0 Å². The molecule has 0 radical (unpaired) electrons. The Morgan fingerprint density at radius 3 is 2.21 bits per heavy atom. The molecule has 0 spiro atoms. The molecule has 1 saturated heterocycles. The number of ketones is 5. The van der Waals surface area contributed by atoms with Crippen molar-refractivity contribution < 1.29 is 49.1 Å². The molecule has 0 saturated carbocycles. The summed E-state index contributed by atoms with van der Waals surface area (Å²) < 4.78 is 5.31. The van der Waals surface area contributed by atoms with Gasteiger partial charge in [-0.15, -0.1) is 0 Å². The largest absolute Gasteiger partial charge is 0.511 e. The zero-order valence-electron chi connectivity index (χ0n) is 24.4. The standard InChI is InChI=1S/C32H36O10/c1-14(2)22-26(37)20(15(3)33)28(39)32(41)29(40)23-27(38)21-18(12-30(23,4)13-31(22,32)5)17(6-7-19(21)34)25(36)24(35)16-8-10-42-11-9-16/h6-7,14,16,22,34,37,40-41H,8-13H2,1-5H3/t22?,30-,31-,32+/m1/s1. The normalized spacial score (nSPS) is 31.5. The third kappa shape index (κ3) is 3.80. The number of benzene rings is 1. The van der Waals surface area contributed by atoms with Crippen molar-refractivity contribution in [3.05, 3.63) is 51.5 Å². The lowest BCUT2D eigenvalue weighted by Crippen LogP contribution is -2.67. The van der Waals surface area contributed by atoms with Gasteiger partial charge in [0.05, 0.1) is 5.56 Å². The summed E-state index contributed by atoms with van der Waals surface area (Å²) in [7, 11) is 0. The Morgan fingerprint density at radius 1 is 1.02 bits per heavy atom. The minimum Gasteiger partial charge on any atom is -0.511 e. The Hall–Kier alpha value is -3.63. The van der Waals surface area contributed by atoms with Gasteiger partial charge in [0, 0.05) is 47.0 Å². The summed E-state index contributed by atoms with van der Waals surface area (Å²) in [6.45, 7) is 8.45. The molecule has 4 aliphatic rings. The first-order valence-electron chi connectivity index (χ1n) is 14.2. The fourth-order valence-corrected chi connectivity index (χ4v) is 8.22. The molecule has 0 amide bonds. The number of hydrogen-bond donors (Lipinski definition) is 4. The smallest absolute Gasteiger partial charge is 0.229 e. The predicted molar refractivity (Wildman–Crippen MR) is 148 cm³/mol. The van der Waals surface area contributed by atoms with E-state index in [4.69, 9.17) is 4.74 Å². The summed E-state index contributed by atoms with van der Waals surface area (Å²) in [5.74, 6) is -8.08. The molecule has 1 unspecified atom stereocenters. The summed E-state index contributed by atoms with van der Waals surface area (Å²) in [5.41, 5.74) is -6.71. The summed E-state index contributed by atoms with van der Waals surface area (Å²) in [4.78, 5) is 67.1. The van der Waals surface area contributed by atoms with E-state index < -0.39 is 85.9 Å². The number of Topliss-reactive ketones (excluding diaryl/α,β-unsaturated/α-hetero) is 5. The molecule has 4 atom stereocenters. The lowest BCUT2D eigenvalue weighted by molar-refractivity contribution is -0.171. The minimum absolute atomic E-state index is 0.0277. The zero-order valence-corrected chi connectivity index (χ0v) is 24.4. The highest BCUT2D eigenvalue weighted by molar-refractivity contribution is 6.45. The molecular formula is C32H36O10. The van der Waals surface area contributed by atoms with Crippen LogP contribution in [-0.4, -0.2) is 68.2 Å². The van der Waals surface area contributed by atoms with Crippen LogP contribution in [0.2, 0.25) is 0 Å². The number of allylic oxidation sites excluding steroid dienone is 2. The maximum absolute atomic E-state index is 14.1. The van der Waals surface area contributed by atoms with E-state index in [9.17, 15) is 44.4 Å². The first kappa shape index (κ1) is 29.8. The van der Waals surface area contributed by atoms with Crippen LogP contribution in [0.1, 0.15) is 80.2 Å². The highest BCUT2D eigenvalue weighted by atomic mass is 16.5. The van der Waals surface area contributed by atoms with Crippen molar-refractivity contribution in [3.63, 3.8) is 0 Å². The van der Waals surface area contributed by atoms with Crippen LogP contribution in [-0.2, 0) is 25.5 Å². The van der Waals surface area contributed by atoms with Gasteiger partial charge < -0.3 is 25.2 Å². The SMILES string of the molecule is CC(=O)C1=C(O)C(C(C)C)[C@@]2(C)C[C@@]3(C)Cc4c(C(=O)C(=O)C5CCOCC5)ccc(O)c4C(=O)C3=C(O)[C@@]2(O)C1=O. The molecule has 10 nitrogen and oxygen atoms in total. The maximum Gasteiger partial charge on any atom is 0.229 e. The number of aliphatic hydroxyl groups excluding tert-OH is 2. The molecule has 3 aliphatic carbocycles. The van der Waals surface area contributed by atoms with Crippen LogP contribution in [0.15, 0.2) is 34.8 Å². The summed E-state index contributed by atoms with van der Waals surface area (Å²) in [5, 5.41) is 45.8. The van der Waals surface area contributed by atoms with Crippen LogP contribution >= 0.6 is 0 Å². The molecule has 0 aromatic heterocycles. The van der Waals surface area contributed by atoms with E-state index in [-0.39, 0.29) is 35.1 Å². The third-order valence-electron chi connectivity index (χ3n) is 9.95. The first-order valence-corrected chi connectivity index (χ1v) is 14.2. The number of phenols is 1. The van der Waals surface area contributed by atoms with Crippen LogP contribution in [0, 0.1) is 28.6 Å². The predicted octanol–water partition coefficient (Wildman–Crippen LogP) is 3.52. The van der Waals surface area contributed by atoms with Crippen LogP contribution < -0.4 is 0 Å². The van der Waals surface area contributed by atoms with Gasteiger partial charge in [0.25, 0.3) is 0 Å². The van der Waals surface area contributed by atoms with Gasteiger partial charge in [0.2, 0.25) is 17.3 Å². The summed E-state index contributed by atoms with van der Waals surface area (Å²) in [6.07, 6.45) is 0.590. The van der Waals surface area contributed by atoms with Crippen LogP contribution in [0.3, 0.4) is 0 Å². The number of phenolic OH excluding ortho intramolecular Hbond substituents is 1. The number of rotatable bonds is 5. The average molecular weight is 581 g/mol. The number of aromatic hydroxyl groups is 1. The lowest BCUT2D eigenvalue weighted by Gasteiger charge is -2.59. The van der Waals surface area contributed by atoms with Crippen molar-refractivity contribution in [1.29, 1.82) is 0 Å². The quantitative estimate of drug-likeness (QED) is 0.229. The van der Waals surface area contributed by atoms with Crippen molar-refractivity contribution in [2.75, 3.05) is 13.2 Å². The summed E-state index contributed by atoms with van der Waals surface area (Å²) >= 11 is 0. The second-order valence-electron chi connectivity index (χ2n) is 13.0. The minimum atomic E-state index is -2.72. The number of ether oxygens (including phenoxy) is 1. The number of carbonyl (C=O) groups excluding carboxylic acids is 5. The van der Waals surface area contributed by atoms with Gasteiger partial charge in [0.1, 0.15) is 22.8 Å². The Balaban J connectivity index is 1.72. The third-order valence-corrected chi connectivity index (χ3v) is 9.95. The van der Waals surface area contributed by atoms with E-state index in [0.29, 0.717) is 26.1 Å². The number of fused-ring (bicyclic) bond motifs is 3. The molecule has 224 valence electrons. The second kappa shape index (κ2) is 9.70. The number of aliphatic hydroxyl groups is 3. The molecule has 0 bridgehead atoms. The van der Waals surface area contributed by atoms with Crippen molar-refractivity contribution in [3.8, 4) is 5.75 Å². The molecule has 1 aromatic rings. The second-order valence-corrected chi connectivity index (χ2v) is 13.0. The van der Waals surface area contributed by atoms with Crippen LogP contribution in [0.5, 0.6) is 5.75 Å². The molecule has 1 aromatic carbocycles. The van der Waals surface area contributed by atoms with Crippen LogP contribution in [0.4, 0.5) is 0 Å². The molecule has 5 rings (SSSR count). The first-order chi connectivity index (χ1) is 19.5. The Bertz CT molecular complexity index is 1520. The molecule has 1 fully saturated rings. The van der Waals surface area contributed by atoms with E-state index in [1.165, 1.54) is 13.0 Å². The molecule has 42 heavy (non-hydrogen) atoms. The van der Waals surface area contributed by atoms with Crippen molar-refractivity contribution in [2.45, 2.75) is 65.9 Å². The average Bonchev–Trinajstić information content (AvgIpc) is 2.90. The van der Waals surface area contributed by atoms with Gasteiger partial charge in [-0.2, -0.15) is 0 Å². The van der Waals surface area contributed by atoms with Gasteiger partial charge in [0.15, 0.2) is 17.2 Å². The highest BCUT2D eigenvalue weighted by Gasteiger charge is 2.71. The van der Waals surface area contributed by atoms with E-state index in [0.717, 1.165) is 13.0 Å². The monoisotopic (exact) mass is 580 g/mol. The van der Waals surface area contributed by atoms with Crippen molar-refractivity contribution >= 4 is 28.9 Å². The highest BCUT2D eigenvalue weighted by Crippen LogP contribution is 2.65. The maximum atomic E-state index is 14.1. The van der Waals surface area contributed by atoms with E-state index >= 15 is 0 Å². The number of carbonyl (C=O) groups is 5. The van der Waals surface area contributed by atoms with Crippen LogP contribution in [0.25, 0.3) is 0 Å². The zero-order chi connectivity index (χ0) is 31.1. The molecule has 10 heteroatoms. The van der Waals surface area contributed by atoms with E-state index in [1.54, 1.807) is 20.8 Å². The van der Waals surface area contributed by atoms with Crippen molar-refractivity contribution in [2.24, 2.45) is 28.6 Å².